The first-order chi connectivity index (χ1) is 8.76. The van der Waals surface area contributed by atoms with E-state index in [-0.39, 0.29) is 0 Å². The van der Waals surface area contributed by atoms with Gasteiger partial charge in [0.25, 0.3) is 0 Å². The fourth-order valence-electron chi connectivity index (χ4n) is 2.62. The average molecular weight is 248 g/mol. The molecule has 18 heavy (non-hydrogen) atoms. The zero-order valence-corrected chi connectivity index (χ0v) is 12.5. The summed E-state index contributed by atoms with van der Waals surface area (Å²) in [7, 11) is 1.75. The number of unbranched alkanes of at least 4 members (excludes halogenated alkanes) is 1. The molecular weight excluding hydrogens is 220 g/mol. The average Bonchev–Trinajstić information content (AvgIpc) is 2.42. The predicted molar refractivity (Wildman–Crippen MR) is 79.5 cm³/mol. The largest absolute Gasteiger partial charge is 0.497 e. The van der Waals surface area contributed by atoms with Crippen molar-refractivity contribution in [3.05, 3.63) is 29.3 Å². The second-order valence-corrected chi connectivity index (χ2v) is 5.06. The van der Waals surface area contributed by atoms with Gasteiger partial charge in [-0.05, 0) is 54.9 Å². The van der Waals surface area contributed by atoms with Crippen molar-refractivity contribution in [1.29, 1.82) is 0 Å². The quantitative estimate of drug-likeness (QED) is 0.604. The maximum absolute atomic E-state index is 5.36. The monoisotopic (exact) mass is 248 g/mol. The summed E-state index contributed by atoms with van der Waals surface area (Å²) in [5, 5.41) is 0. The minimum Gasteiger partial charge on any atom is -0.497 e. The van der Waals surface area contributed by atoms with Crippen molar-refractivity contribution >= 4 is 0 Å². The van der Waals surface area contributed by atoms with E-state index in [1.54, 1.807) is 12.7 Å². The highest BCUT2D eigenvalue weighted by Gasteiger charge is 2.13. The van der Waals surface area contributed by atoms with E-state index >= 15 is 0 Å². The third-order valence-electron chi connectivity index (χ3n) is 3.72. The minimum absolute atomic E-state index is 0.716. The number of hydrogen-bond donors (Lipinski definition) is 0. The van der Waals surface area contributed by atoms with E-state index in [1.165, 1.54) is 44.1 Å². The molecule has 1 atom stereocenters. The molecule has 1 aromatic rings. The van der Waals surface area contributed by atoms with Crippen LogP contribution < -0.4 is 4.74 Å². The fraction of sp³-hybridized carbons (Fsp3) is 0.647. The molecule has 0 saturated carbocycles. The highest BCUT2D eigenvalue weighted by Crippen LogP contribution is 2.31. The van der Waals surface area contributed by atoms with Crippen LogP contribution >= 0.6 is 0 Å². The van der Waals surface area contributed by atoms with Crippen LogP contribution in [0.25, 0.3) is 0 Å². The van der Waals surface area contributed by atoms with Gasteiger partial charge in [0.2, 0.25) is 0 Å². The van der Waals surface area contributed by atoms with Crippen molar-refractivity contribution in [1.82, 2.24) is 0 Å². The third-order valence-corrected chi connectivity index (χ3v) is 3.72. The summed E-state index contributed by atoms with van der Waals surface area (Å²) >= 11 is 0. The Morgan fingerprint density at radius 1 is 1.11 bits per heavy atom. The van der Waals surface area contributed by atoms with Crippen molar-refractivity contribution in [2.45, 2.75) is 65.2 Å². The van der Waals surface area contributed by atoms with Gasteiger partial charge in [0.15, 0.2) is 0 Å². The molecular formula is C17H28O. The number of rotatable bonds is 8. The van der Waals surface area contributed by atoms with Gasteiger partial charge >= 0.3 is 0 Å². The summed E-state index contributed by atoms with van der Waals surface area (Å²) < 4.78 is 5.36. The number of hydrogen-bond acceptors (Lipinski definition) is 1. The number of methoxy groups -OCH3 is 1. The standard InChI is InChI=1S/C17H28O/c1-5-8-10-15-13-16(18-4)11-12-17(15)14(7-3)9-6-2/h11-14H,5-10H2,1-4H3. The summed E-state index contributed by atoms with van der Waals surface area (Å²) in [5.41, 5.74) is 3.05. The molecule has 1 nitrogen and oxygen atoms in total. The minimum atomic E-state index is 0.716. The van der Waals surface area contributed by atoms with Gasteiger partial charge in [0.05, 0.1) is 7.11 Å². The van der Waals surface area contributed by atoms with Gasteiger partial charge in [-0.25, -0.2) is 0 Å². The Labute approximate surface area is 113 Å². The van der Waals surface area contributed by atoms with Crippen LogP contribution in [-0.4, -0.2) is 7.11 Å². The Morgan fingerprint density at radius 2 is 1.89 bits per heavy atom. The van der Waals surface area contributed by atoms with E-state index < -0.39 is 0 Å². The summed E-state index contributed by atoms with van der Waals surface area (Å²) in [5.74, 6) is 1.71. The predicted octanol–water partition coefficient (Wildman–Crippen LogP) is 5.33. The third kappa shape index (κ3) is 4.04. The van der Waals surface area contributed by atoms with E-state index in [0.717, 1.165) is 5.75 Å². The summed E-state index contributed by atoms with van der Waals surface area (Å²) in [4.78, 5) is 0. The van der Waals surface area contributed by atoms with E-state index in [2.05, 4.69) is 39.0 Å². The van der Waals surface area contributed by atoms with Gasteiger partial charge in [-0.3, -0.25) is 0 Å². The lowest BCUT2D eigenvalue weighted by molar-refractivity contribution is 0.413. The van der Waals surface area contributed by atoms with Gasteiger partial charge in [-0.15, -0.1) is 0 Å². The van der Waals surface area contributed by atoms with Crippen LogP contribution in [0.4, 0.5) is 0 Å². The zero-order chi connectivity index (χ0) is 13.4. The van der Waals surface area contributed by atoms with Crippen molar-refractivity contribution in [3.8, 4) is 5.75 Å². The molecule has 0 aliphatic carbocycles. The molecule has 0 radical (unpaired) electrons. The number of aryl methyl sites for hydroxylation is 1. The topological polar surface area (TPSA) is 9.23 Å². The van der Waals surface area contributed by atoms with Gasteiger partial charge < -0.3 is 4.74 Å². The highest BCUT2D eigenvalue weighted by atomic mass is 16.5. The molecule has 0 aliphatic heterocycles. The van der Waals surface area contributed by atoms with Gasteiger partial charge in [-0.2, -0.15) is 0 Å². The summed E-state index contributed by atoms with van der Waals surface area (Å²) in [6.07, 6.45) is 7.49. The first kappa shape index (κ1) is 15.1. The normalized spacial score (nSPS) is 12.4. The summed E-state index contributed by atoms with van der Waals surface area (Å²) in [6, 6.07) is 6.64. The van der Waals surface area contributed by atoms with Crippen LogP contribution in [0.3, 0.4) is 0 Å². The van der Waals surface area contributed by atoms with Crippen LogP contribution in [0.15, 0.2) is 18.2 Å². The first-order valence-corrected chi connectivity index (χ1v) is 7.43. The molecule has 0 saturated heterocycles. The van der Waals surface area contributed by atoms with Gasteiger partial charge in [-0.1, -0.05) is 39.7 Å². The van der Waals surface area contributed by atoms with Crippen molar-refractivity contribution in [3.63, 3.8) is 0 Å². The molecule has 1 aromatic carbocycles. The second kappa shape index (κ2) is 8.18. The number of ether oxygens (including phenoxy) is 1. The second-order valence-electron chi connectivity index (χ2n) is 5.06. The van der Waals surface area contributed by atoms with E-state index in [1.807, 2.05) is 0 Å². The van der Waals surface area contributed by atoms with Crippen LogP contribution in [-0.2, 0) is 6.42 Å². The maximum atomic E-state index is 5.36. The SMILES string of the molecule is CCCCc1cc(OC)ccc1C(CC)CCC. The Hall–Kier alpha value is -0.980. The van der Waals surface area contributed by atoms with Crippen LogP contribution in [0.1, 0.15) is 69.9 Å². The van der Waals surface area contributed by atoms with Gasteiger partial charge in [0, 0.05) is 0 Å². The molecule has 0 heterocycles. The molecule has 102 valence electrons. The molecule has 0 aliphatic rings. The number of benzene rings is 1. The van der Waals surface area contributed by atoms with Crippen molar-refractivity contribution in [2.24, 2.45) is 0 Å². The van der Waals surface area contributed by atoms with Crippen molar-refractivity contribution < 1.29 is 4.74 Å². The molecule has 1 unspecified atom stereocenters. The lowest BCUT2D eigenvalue weighted by atomic mass is 9.87. The van der Waals surface area contributed by atoms with E-state index in [0.29, 0.717) is 5.92 Å². The smallest absolute Gasteiger partial charge is 0.119 e. The Bertz CT molecular complexity index is 343. The lowest BCUT2D eigenvalue weighted by Gasteiger charge is -2.19. The molecule has 0 N–H and O–H groups in total. The summed E-state index contributed by atoms with van der Waals surface area (Å²) in [6.45, 7) is 6.83. The first-order valence-electron chi connectivity index (χ1n) is 7.43. The Morgan fingerprint density at radius 3 is 2.44 bits per heavy atom. The maximum Gasteiger partial charge on any atom is 0.119 e. The van der Waals surface area contributed by atoms with Crippen molar-refractivity contribution in [2.75, 3.05) is 7.11 Å². The molecule has 0 aromatic heterocycles. The Balaban J connectivity index is 2.99. The molecule has 1 heteroatoms. The van der Waals surface area contributed by atoms with E-state index in [4.69, 9.17) is 4.74 Å². The fourth-order valence-corrected chi connectivity index (χ4v) is 2.62. The molecule has 0 fully saturated rings. The lowest BCUT2D eigenvalue weighted by Crippen LogP contribution is -2.03. The van der Waals surface area contributed by atoms with E-state index in [9.17, 15) is 0 Å². The molecule has 0 amide bonds. The molecule has 0 spiro atoms. The van der Waals surface area contributed by atoms with Crippen LogP contribution in [0.2, 0.25) is 0 Å². The van der Waals surface area contributed by atoms with Crippen LogP contribution in [0.5, 0.6) is 5.75 Å². The zero-order valence-electron chi connectivity index (χ0n) is 12.5. The molecule has 1 rings (SSSR count). The van der Waals surface area contributed by atoms with Gasteiger partial charge in [0.1, 0.15) is 5.75 Å². The Kier molecular flexibility index (Phi) is 6.85. The highest BCUT2D eigenvalue weighted by molar-refractivity contribution is 5.38. The van der Waals surface area contributed by atoms with Crippen LogP contribution in [0, 0.1) is 0 Å². The molecule has 0 bridgehead atoms.